The van der Waals surface area contributed by atoms with Crippen molar-refractivity contribution in [2.45, 2.75) is 93.7 Å². The number of nitrogens with one attached hydrogen (secondary N) is 4. The van der Waals surface area contributed by atoms with Crippen LogP contribution in [0.2, 0.25) is 0 Å². The minimum Gasteiger partial charge on any atom is -0.488 e. The fourth-order valence-corrected chi connectivity index (χ4v) is 8.82. The van der Waals surface area contributed by atoms with Crippen molar-refractivity contribution in [2.75, 3.05) is 13.1 Å². The maximum atomic E-state index is 14.5. The Labute approximate surface area is 321 Å². The molecule has 3 heterocycles. The molecular weight excluding hydrogens is 721 g/mol. The van der Waals surface area contributed by atoms with E-state index in [-0.39, 0.29) is 19.4 Å². The summed E-state index contributed by atoms with van der Waals surface area (Å²) in [6.45, 7) is 6.21. The fourth-order valence-electron chi connectivity index (χ4n) is 7.46. The number of allylic oxidation sites excluding steroid dienone is 1. The molecule has 1 aromatic heterocycles. The maximum Gasteiger partial charge on any atom is 0.315 e. The molecule has 14 heteroatoms. The average molecular weight is 769 g/mol. The van der Waals surface area contributed by atoms with Crippen LogP contribution in [0.25, 0.3) is 28.2 Å². The summed E-state index contributed by atoms with van der Waals surface area (Å²) in [5.74, 6) is -1.86. The molecule has 55 heavy (non-hydrogen) atoms. The third-order valence-electron chi connectivity index (χ3n) is 10.8. The van der Waals surface area contributed by atoms with Crippen molar-refractivity contribution in [1.82, 2.24) is 30.6 Å². The zero-order valence-electron chi connectivity index (χ0n) is 31.0. The number of benzene rings is 2. The molecule has 5 atom stereocenters. The van der Waals surface area contributed by atoms with E-state index in [1.807, 2.05) is 73.7 Å². The molecule has 3 fully saturated rings. The van der Waals surface area contributed by atoms with Crippen LogP contribution in [0.1, 0.15) is 70.3 Å². The van der Waals surface area contributed by atoms with Crippen LogP contribution in [-0.2, 0) is 24.4 Å². The van der Waals surface area contributed by atoms with Gasteiger partial charge in [0, 0.05) is 35.9 Å². The summed E-state index contributed by atoms with van der Waals surface area (Å²) in [4.78, 5) is 61.9. The number of ether oxygens (including phenoxy) is 1. The van der Waals surface area contributed by atoms with Crippen molar-refractivity contribution >= 4 is 50.8 Å². The maximum absolute atomic E-state index is 14.5. The number of sulfonamides is 1. The highest BCUT2D eigenvalue weighted by atomic mass is 32.2. The Morgan fingerprint density at radius 3 is 2.65 bits per heavy atom. The van der Waals surface area contributed by atoms with Crippen LogP contribution in [0.5, 0.6) is 5.75 Å². The van der Waals surface area contributed by atoms with E-state index in [4.69, 9.17) is 9.72 Å². The van der Waals surface area contributed by atoms with Gasteiger partial charge in [-0.25, -0.2) is 18.2 Å². The number of carbonyl (C=O) groups excluding carboxylic acids is 4. The van der Waals surface area contributed by atoms with Gasteiger partial charge in [-0.15, -0.1) is 6.58 Å². The van der Waals surface area contributed by atoms with Gasteiger partial charge in [0.25, 0.3) is 5.91 Å². The van der Waals surface area contributed by atoms with E-state index in [9.17, 15) is 27.6 Å². The molecule has 13 nitrogen and oxygen atoms in total. The van der Waals surface area contributed by atoms with E-state index in [0.717, 1.165) is 29.4 Å². The van der Waals surface area contributed by atoms with Gasteiger partial charge in [-0.05, 0) is 56.2 Å². The van der Waals surface area contributed by atoms with Crippen LogP contribution < -0.4 is 25.4 Å². The van der Waals surface area contributed by atoms with Gasteiger partial charge in [0.1, 0.15) is 29.5 Å². The average Bonchev–Trinajstić information content (AvgIpc) is 4.11. The lowest BCUT2D eigenvalue weighted by atomic mass is 10.1. The smallest absolute Gasteiger partial charge is 0.315 e. The number of hydrogen-bond donors (Lipinski definition) is 4. The van der Waals surface area contributed by atoms with E-state index in [2.05, 4.69) is 27.3 Å². The Kier molecular flexibility index (Phi) is 11.0. The fraction of sp³-hybridized carbons (Fsp3) is 0.439. The second-order valence-electron chi connectivity index (χ2n) is 15.0. The summed E-state index contributed by atoms with van der Waals surface area (Å²) in [7, 11) is -3.89. The molecule has 4 aliphatic rings. The number of aromatic nitrogens is 1. The zero-order valence-corrected chi connectivity index (χ0v) is 31.8. The normalized spacial score (nSPS) is 25.6. The number of amides is 5. The molecule has 2 saturated carbocycles. The molecule has 4 N–H and O–H groups in total. The Bertz CT molecular complexity index is 2120. The monoisotopic (exact) mass is 768 g/mol. The summed E-state index contributed by atoms with van der Waals surface area (Å²) in [5, 5.41) is 8.68. The first kappa shape index (κ1) is 38.1. The molecule has 5 amide bonds. The van der Waals surface area contributed by atoms with Gasteiger partial charge in [0.2, 0.25) is 21.8 Å². The van der Waals surface area contributed by atoms with Crippen LogP contribution in [0.15, 0.2) is 73.3 Å². The van der Waals surface area contributed by atoms with Gasteiger partial charge in [-0.1, -0.05) is 74.4 Å². The van der Waals surface area contributed by atoms with Gasteiger partial charge in [0.15, 0.2) is 0 Å². The summed E-state index contributed by atoms with van der Waals surface area (Å²) < 4.78 is 34.5. The first-order chi connectivity index (χ1) is 26.5. The van der Waals surface area contributed by atoms with Crippen molar-refractivity contribution < 1.29 is 32.3 Å². The highest BCUT2D eigenvalue weighted by molar-refractivity contribution is 7.91. The number of pyridine rings is 1. The first-order valence-electron chi connectivity index (χ1n) is 19.2. The third kappa shape index (κ3) is 8.38. The van der Waals surface area contributed by atoms with Crippen LogP contribution in [0.3, 0.4) is 0 Å². The number of carbonyl (C=O) groups is 4. The van der Waals surface area contributed by atoms with Gasteiger partial charge in [0.05, 0.1) is 23.0 Å². The van der Waals surface area contributed by atoms with Crippen LogP contribution >= 0.6 is 0 Å². The topological polar surface area (TPSA) is 176 Å². The highest BCUT2D eigenvalue weighted by Gasteiger charge is 2.62. The van der Waals surface area contributed by atoms with E-state index in [0.29, 0.717) is 55.6 Å². The SMILES string of the molecule is C=C[C@@H]1C[C@]1(NC(=O)[C@@H]1C[C@H]2CN1C(=O)[C@H](CCCC)NC(=O)NCCCC=Cc1ccc3nc(-c4ccccc4)cc(c3c1)O2)C(=O)NS(=O)(=O)C1CC1. The summed E-state index contributed by atoms with van der Waals surface area (Å²) in [5.41, 5.74) is 1.71. The lowest BCUT2D eigenvalue weighted by molar-refractivity contribution is -0.141. The van der Waals surface area contributed by atoms with E-state index in [1.54, 1.807) is 0 Å². The van der Waals surface area contributed by atoms with Gasteiger partial charge < -0.3 is 25.6 Å². The number of rotatable bonds is 10. The predicted molar refractivity (Wildman–Crippen MR) is 209 cm³/mol. The Morgan fingerprint density at radius 2 is 1.93 bits per heavy atom. The van der Waals surface area contributed by atoms with Crippen molar-refractivity contribution in [3.05, 3.63) is 78.9 Å². The van der Waals surface area contributed by atoms with Crippen molar-refractivity contribution in [2.24, 2.45) is 5.92 Å². The molecule has 7 rings (SSSR count). The van der Waals surface area contributed by atoms with Crippen molar-refractivity contribution in [3.63, 3.8) is 0 Å². The summed E-state index contributed by atoms with van der Waals surface area (Å²) in [6, 6.07) is 15.0. The minimum atomic E-state index is -3.89. The molecule has 0 spiro atoms. The van der Waals surface area contributed by atoms with Gasteiger partial charge in [-0.3, -0.25) is 19.1 Å². The second kappa shape index (κ2) is 15.9. The standard InChI is InChI=1S/C41H48N6O7S/c1-3-5-15-33-38(49)47-25-29(22-35(47)37(48)45-41(24-28(41)4-2)39(50)46-55(52,53)30-17-18-30)54-36-23-34(27-13-9-6-10-14-27)43-32-19-16-26(21-31(32)36)12-8-7-11-20-42-40(51)44-33/h4,6,8-10,12-14,16,19,21,23,28-30,33,35H,2-3,5,7,11,15,17-18,20,22,24-25H2,1H3,(H,45,48)(H,46,50)(H2,42,44,51)/t28-,29+,33+,35+,41-/m1/s1. The second-order valence-corrected chi connectivity index (χ2v) is 16.9. The summed E-state index contributed by atoms with van der Waals surface area (Å²) in [6.07, 6.45) is 9.28. The van der Waals surface area contributed by atoms with E-state index < -0.39 is 68.7 Å². The summed E-state index contributed by atoms with van der Waals surface area (Å²) >= 11 is 0. The minimum absolute atomic E-state index is 0.0209. The number of unbranched alkanes of at least 4 members (excludes halogenated alkanes) is 1. The molecule has 2 aromatic carbocycles. The quantitative estimate of drug-likeness (QED) is 0.217. The molecule has 290 valence electrons. The highest BCUT2D eigenvalue weighted by Crippen LogP contribution is 2.45. The third-order valence-corrected chi connectivity index (χ3v) is 12.7. The van der Waals surface area contributed by atoms with Crippen LogP contribution in [-0.4, -0.2) is 84.1 Å². The molecule has 2 aliphatic heterocycles. The predicted octanol–water partition coefficient (Wildman–Crippen LogP) is 4.58. The van der Waals surface area contributed by atoms with Gasteiger partial charge in [-0.2, -0.15) is 0 Å². The number of urea groups is 1. The number of nitrogens with zero attached hydrogens (tertiary/aromatic N) is 2. The van der Waals surface area contributed by atoms with E-state index in [1.165, 1.54) is 11.0 Å². The Morgan fingerprint density at radius 1 is 1.13 bits per heavy atom. The lowest BCUT2D eigenvalue weighted by Crippen LogP contribution is -2.58. The zero-order chi connectivity index (χ0) is 38.7. The molecule has 0 radical (unpaired) electrons. The molecule has 2 aliphatic carbocycles. The largest absolute Gasteiger partial charge is 0.488 e. The Hall–Kier alpha value is -5.24. The lowest BCUT2D eigenvalue weighted by Gasteiger charge is -2.30. The van der Waals surface area contributed by atoms with Crippen molar-refractivity contribution in [1.29, 1.82) is 0 Å². The Balaban J connectivity index is 1.25. The van der Waals surface area contributed by atoms with Gasteiger partial charge >= 0.3 is 6.03 Å². The van der Waals surface area contributed by atoms with Crippen molar-refractivity contribution in [3.8, 4) is 17.0 Å². The van der Waals surface area contributed by atoms with E-state index >= 15 is 0 Å². The molecule has 1 saturated heterocycles. The number of fused-ring (bicyclic) bond motifs is 3. The van der Waals surface area contributed by atoms with Crippen LogP contribution in [0.4, 0.5) is 4.79 Å². The molecule has 4 bridgehead atoms. The molecular formula is C41H48N6O7S. The number of hydrogen-bond acceptors (Lipinski definition) is 8. The van der Waals surface area contributed by atoms with Crippen LogP contribution in [0, 0.1) is 5.92 Å². The molecule has 3 aromatic rings. The molecule has 0 unspecified atom stereocenters. The first-order valence-corrected chi connectivity index (χ1v) is 20.7.